The van der Waals surface area contributed by atoms with Crippen molar-refractivity contribution in [1.29, 1.82) is 0 Å². The molecule has 7 heteroatoms. The summed E-state index contributed by atoms with van der Waals surface area (Å²) in [6.07, 6.45) is 8.54. The van der Waals surface area contributed by atoms with Gasteiger partial charge in [0.2, 0.25) is 0 Å². The van der Waals surface area contributed by atoms with Gasteiger partial charge in [-0.25, -0.2) is 8.42 Å². The number of sulfone groups is 1. The number of ether oxygens (including phenoxy) is 1. The molecule has 1 heterocycles. The molecular weight excluding hydrogens is 326 g/mol. The van der Waals surface area contributed by atoms with E-state index >= 15 is 0 Å². The fourth-order valence-electron chi connectivity index (χ4n) is 3.34. The summed E-state index contributed by atoms with van der Waals surface area (Å²) in [6, 6.07) is 0. The number of aliphatic imine (C=N–C) groups is 1. The van der Waals surface area contributed by atoms with Gasteiger partial charge in [0.15, 0.2) is 15.8 Å². The van der Waals surface area contributed by atoms with Crippen molar-refractivity contribution >= 4 is 15.8 Å². The first-order valence-electron chi connectivity index (χ1n) is 9.43. The summed E-state index contributed by atoms with van der Waals surface area (Å²) in [5, 5.41) is 6.53. The third kappa shape index (κ3) is 7.38. The molecule has 0 aromatic rings. The molecule has 1 aliphatic carbocycles. The first-order chi connectivity index (χ1) is 11.6. The molecule has 0 aromatic carbocycles. The number of nitrogens with one attached hydrogen (secondary N) is 2. The number of nitrogens with zero attached hydrogens (tertiary/aromatic N) is 1. The van der Waals surface area contributed by atoms with Crippen LogP contribution in [0.2, 0.25) is 0 Å². The van der Waals surface area contributed by atoms with Crippen molar-refractivity contribution in [3.8, 4) is 0 Å². The maximum absolute atomic E-state index is 11.5. The molecule has 1 aliphatic heterocycles. The van der Waals surface area contributed by atoms with Crippen molar-refractivity contribution in [3.63, 3.8) is 0 Å². The number of hydrogen-bond acceptors (Lipinski definition) is 4. The van der Waals surface area contributed by atoms with Crippen LogP contribution in [0.4, 0.5) is 0 Å². The average Bonchev–Trinajstić information content (AvgIpc) is 2.92. The van der Waals surface area contributed by atoms with Gasteiger partial charge in [-0.3, -0.25) is 4.99 Å². The van der Waals surface area contributed by atoms with Gasteiger partial charge in [-0.15, -0.1) is 0 Å². The fourth-order valence-corrected chi connectivity index (χ4v) is 5.19. The quantitative estimate of drug-likeness (QED) is 0.392. The lowest BCUT2D eigenvalue weighted by Crippen LogP contribution is -2.38. The predicted octanol–water partition coefficient (Wildman–Crippen LogP) is 1.72. The van der Waals surface area contributed by atoms with Gasteiger partial charge in [-0.2, -0.15) is 0 Å². The van der Waals surface area contributed by atoms with Crippen LogP contribution in [-0.2, 0) is 14.6 Å². The summed E-state index contributed by atoms with van der Waals surface area (Å²) in [5.74, 6) is 1.54. The van der Waals surface area contributed by atoms with Gasteiger partial charge >= 0.3 is 0 Å². The van der Waals surface area contributed by atoms with Gasteiger partial charge in [-0.1, -0.05) is 19.3 Å². The van der Waals surface area contributed by atoms with E-state index in [-0.39, 0.29) is 11.7 Å². The lowest BCUT2D eigenvalue weighted by Gasteiger charge is -2.22. The summed E-state index contributed by atoms with van der Waals surface area (Å²) < 4.78 is 28.9. The molecule has 24 heavy (non-hydrogen) atoms. The zero-order valence-electron chi connectivity index (χ0n) is 14.9. The summed E-state index contributed by atoms with van der Waals surface area (Å²) in [6.45, 7) is 5.02. The zero-order chi connectivity index (χ0) is 17.3. The molecule has 0 aromatic heterocycles. The fraction of sp³-hybridized carbons (Fsp3) is 0.941. The maximum atomic E-state index is 11.5. The second kappa shape index (κ2) is 10.2. The highest BCUT2D eigenvalue weighted by Gasteiger charge is 2.27. The Kier molecular flexibility index (Phi) is 8.32. The topological polar surface area (TPSA) is 79.8 Å². The normalized spacial score (nSPS) is 24.9. The van der Waals surface area contributed by atoms with E-state index in [4.69, 9.17) is 4.74 Å². The van der Waals surface area contributed by atoms with E-state index in [1.165, 1.54) is 32.1 Å². The lowest BCUT2D eigenvalue weighted by atomic mass is 9.98. The number of hydrogen-bond donors (Lipinski definition) is 2. The zero-order valence-corrected chi connectivity index (χ0v) is 15.7. The molecule has 0 amide bonds. The van der Waals surface area contributed by atoms with Crippen LogP contribution in [0, 0.1) is 5.92 Å². The van der Waals surface area contributed by atoms with Crippen LogP contribution in [0.15, 0.2) is 4.99 Å². The lowest BCUT2D eigenvalue weighted by molar-refractivity contribution is 0.0277. The van der Waals surface area contributed by atoms with E-state index in [0.29, 0.717) is 18.4 Å². The van der Waals surface area contributed by atoms with E-state index < -0.39 is 9.84 Å². The van der Waals surface area contributed by atoms with Crippen molar-refractivity contribution in [3.05, 3.63) is 0 Å². The summed E-state index contributed by atoms with van der Waals surface area (Å²) in [5.41, 5.74) is 0. The van der Waals surface area contributed by atoms with Crippen molar-refractivity contribution in [1.82, 2.24) is 10.6 Å². The Morgan fingerprint density at radius 1 is 1.17 bits per heavy atom. The highest BCUT2D eigenvalue weighted by Crippen LogP contribution is 2.20. The van der Waals surface area contributed by atoms with Gasteiger partial charge in [0.05, 0.1) is 17.6 Å². The van der Waals surface area contributed by atoms with Crippen molar-refractivity contribution < 1.29 is 13.2 Å². The van der Waals surface area contributed by atoms with Crippen molar-refractivity contribution in [2.45, 2.75) is 58.0 Å². The Morgan fingerprint density at radius 2 is 1.96 bits per heavy atom. The Morgan fingerprint density at radius 3 is 2.62 bits per heavy atom. The third-order valence-electron chi connectivity index (χ3n) is 4.70. The van der Waals surface area contributed by atoms with E-state index in [1.807, 2.05) is 6.92 Å². The molecule has 140 valence electrons. The third-order valence-corrected chi connectivity index (χ3v) is 6.53. The molecule has 2 fully saturated rings. The predicted molar refractivity (Wildman–Crippen MR) is 98.2 cm³/mol. The minimum atomic E-state index is -2.82. The van der Waals surface area contributed by atoms with Crippen LogP contribution in [0.25, 0.3) is 0 Å². The van der Waals surface area contributed by atoms with Crippen LogP contribution < -0.4 is 10.6 Å². The Hall–Kier alpha value is -0.820. The van der Waals surface area contributed by atoms with Gasteiger partial charge in [0.1, 0.15) is 0 Å². The second-order valence-electron chi connectivity index (χ2n) is 6.90. The summed E-state index contributed by atoms with van der Waals surface area (Å²) in [4.78, 5) is 4.54. The van der Waals surface area contributed by atoms with Crippen LogP contribution in [0.3, 0.4) is 0 Å². The largest absolute Gasteiger partial charge is 0.378 e. The molecule has 6 nitrogen and oxygen atoms in total. The molecule has 1 saturated heterocycles. The Bertz CT molecular complexity index is 487. The first kappa shape index (κ1) is 19.5. The van der Waals surface area contributed by atoms with Gasteiger partial charge in [0, 0.05) is 26.2 Å². The molecule has 2 rings (SSSR count). The highest BCUT2D eigenvalue weighted by molar-refractivity contribution is 7.91. The smallest absolute Gasteiger partial charge is 0.191 e. The molecule has 2 N–H and O–H groups in total. The maximum Gasteiger partial charge on any atom is 0.191 e. The Balaban J connectivity index is 1.62. The van der Waals surface area contributed by atoms with Gasteiger partial charge in [-0.05, 0) is 38.5 Å². The SMILES string of the molecule is CCNC(=NCC1CCS(=O)(=O)C1)NCCCOC1CCCCC1. The van der Waals surface area contributed by atoms with Gasteiger partial charge < -0.3 is 15.4 Å². The van der Waals surface area contributed by atoms with Crippen molar-refractivity contribution in [2.75, 3.05) is 37.7 Å². The molecule has 2 aliphatic rings. The summed E-state index contributed by atoms with van der Waals surface area (Å²) >= 11 is 0. The van der Waals surface area contributed by atoms with Crippen LogP contribution in [-0.4, -0.2) is 58.2 Å². The van der Waals surface area contributed by atoms with E-state index in [1.54, 1.807) is 0 Å². The first-order valence-corrected chi connectivity index (χ1v) is 11.3. The monoisotopic (exact) mass is 359 g/mol. The van der Waals surface area contributed by atoms with Crippen LogP contribution >= 0.6 is 0 Å². The number of guanidine groups is 1. The molecule has 0 spiro atoms. The highest BCUT2D eigenvalue weighted by atomic mass is 32.2. The van der Waals surface area contributed by atoms with Gasteiger partial charge in [0.25, 0.3) is 0 Å². The molecule has 1 atom stereocenters. The molecule has 0 bridgehead atoms. The average molecular weight is 360 g/mol. The molecule has 1 saturated carbocycles. The minimum absolute atomic E-state index is 0.167. The van der Waals surface area contributed by atoms with E-state index in [0.717, 1.165) is 38.5 Å². The minimum Gasteiger partial charge on any atom is -0.378 e. The van der Waals surface area contributed by atoms with Crippen LogP contribution in [0.5, 0.6) is 0 Å². The van der Waals surface area contributed by atoms with E-state index in [2.05, 4.69) is 15.6 Å². The Labute approximate surface area is 146 Å². The molecular formula is C17H33N3O3S. The number of rotatable bonds is 8. The standard InChI is InChI=1S/C17H33N3O3S/c1-2-18-17(20-13-15-9-12-24(21,22)14-15)19-10-6-11-23-16-7-4-3-5-8-16/h15-16H,2-14H2,1H3,(H2,18,19,20). The van der Waals surface area contributed by atoms with E-state index in [9.17, 15) is 8.42 Å². The second-order valence-corrected chi connectivity index (χ2v) is 9.13. The van der Waals surface area contributed by atoms with Crippen molar-refractivity contribution in [2.24, 2.45) is 10.9 Å². The summed E-state index contributed by atoms with van der Waals surface area (Å²) in [7, 11) is -2.82. The van der Waals surface area contributed by atoms with Crippen LogP contribution in [0.1, 0.15) is 51.9 Å². The molecule has 0 radical (unpaired) electrons. The molecule has 1 unspecified atom stereocenters.